The molecule has 25 heavy (non-hydrogen) atoms. The first kappa shape index (κ1) is 19.0. The number of carboxylic acid groups (broad SMARTS) is 1. The van der Waals surface area contributed by atoms with E-state index in [1.165, 1.54) is 12.1 Å². The molecule has 0 saturated carbocycles. The monoisotopic (exact) mass is 346 g/mol. The molecule has 1 aliphatic rings. The SMILES string of the molecule is CC(C)CC(=O)N1CCC(NC(=O)Cc2cccc(C(=O)O)c2)CC1. The molecule has 0 radical (unpaired) electrons. The molecule has 0 unspecified atom stereocenters. The molecule has 1 fully saturated rings. The Balaban J connectivity index is 1.80. The topological polar surface area (TPSA) is 86.7 Å². The Hall–Kier alpha value is -2.37. The fraction of sp³-hybridized carbons (Fsp3) is 0.526. The summed E-state index contributed by atoms with van der Waals surface area (Å²) in [6.45, 7) is 5.41. The molecule has 1 heterocycles. The van der Waals surface area contributed by atoms with E-state index < -0.39 is 5.97 Å². The van der Waals surface area contributed by atoms with Crippen LogP contribution in [0.1, 0.15) is 49.0 Å². The molecular weight excluding hydrogens is 320 g/mol. The van der Waals surface area contributed by atoms with Crippen LogP contribution < -0.4 is 5.32 Å². The fourth-order valence-corrected chi connectivity index (χ4v) is 3.03. The zero-order valence-electron chi connectivity index (χ0n) is 14.8. The van der Waals surface area contributed by atoms with Crippen LogP contribution in [0.25, 0.3) is 0 Å². The first-order valence-corrected chi connectivity index (χ1v) is 8.74. The van der Waals surface area contributed by atoms with Crippen molar-refractivity contribution in [3.05, 3.63) is 35.4 Å². The van der Waals surface area contributed by atoms with Crippen molar-refractivity contribution in [2.75, 3.05) is 13.1 Å². The zero-order valence-corrected chi connectivity index (χ0v) is 14.8. The Morgan fingerprint density at radius 3 is 2.52 bits per heavy atom. The van der Waals surface area contributed by atoms with Gasteiger partial charge in [0.05, 0.1) is 12.0 Å². The summed E-state index contributed by atoms with van der Waals surface area (Å²) >= 11 is 0. The van der Waals surface area contributed by atoms with Crippen molar-refractivity contribution in [2.24, 2.45) is 5.92 Å². The number of carbonyl (C=O) groups excluding carboxylic acids is 2. The van der Waals surface area contributed by atoms with Gasteiger partial charge in [-0.25, -0.2) is 4.79 Å². The van der Waals surface area contributed by atoms with Crippen LogP contribution >= 0.6 is 0 Å². The third-order valence-electron chi connectivity index (χ3n) is 4.33. The van der Waals surface area contributed by atoms with E-state index in [0.717, 1.165) is 12.8 Å². The molecule has 6 heteroatoms. The van der Waals surface area contributed by atoms with E-state index in [1.54, 1.807) is 12.1 Å². The second kappa shape index (κ2) is 8.65. The highest BCUT2D eigenvalue weighted by Crippen LogP contribution is 2.14. The highest BCUT2D eigenvalue weighted by atomic mass is 16.4. The third kappa shape index (κ3) is 5.89. The summed E-state index contributed by atoms with van der Waals surface area (Å²) in [4.78, 5) is 37.1. The average molecular weight is 346 g/mol. The first-order chi connectivity index (χ1) is 11.8. The lowest BCUT2D eigenvalue weighted by molar-refractivity contribution is -0.133. The molecule has 136 valence electrons. The Morgan fingerprint density at radius 2 is 1.92 bits per heavy atom. The van der Waals surface area contributed by atoms with Crippen molar-refractivity contribution in [1.82, 2.24) is 10.2 Å². The van der Waals surface area contributed by atoms with Gasteiger partial charge in [0.2, 0.25) is 11.8 Å². The second-order valence-electron chi connectivity index (χ2n) is 7.00. The summed E-state index contributed by atoms with van der Waals surface area (Å²) in [5.74, 6) is -0.577. The third-order valence-corrected chi connectivity index (χ3v) is 4.33. The lowest BCUT2D eigenvalue weighted by Crippen LogP contribution is -2.47. The highest BCUT2D eigenvalue weighted by molar-refractivity contribution is 5.88. The average Bonchev–Trinajstić information content (AvgIpc) is 2.55. The van der Waals surface area contributed by atoms with E-state index in [2.05, 4.69) is 5.32 Å². The number of rotatable bonds is 6. The van der Waals surface area contributed by atoms with Gasteiger partial charge in [0.25, 0.3) is 0 Å². The molecule has 0 atom stereocenters. The number of nitrogens with zero attached hydrogens (tertiary/aromatic N) is 1. The van der Waals surface area contributed by atoms with Crippen LogP contribution in [0.5, 0.6) is 0 Å². The van der Waals surface area contributed by atoms with Crippen molar-refractivity contribution in [1.29, 1.82) is 0 Å². The molecule has 2 rings (SSSR count). The normalized spacial score (nSPS) is 15.2. The predicted octanol–water partition coefficient (Wildman–Crippen LogP) is 2.08. The fourth-order valence-electron chi connectivity index (χ4n) is 3.03. The Morgan fingerprint density at radius 1 is 1.24 bits per heavy atom. The van der Waals surface area contributed by atoms with Gasteiger partial charge in [0, 0.05) is 25.6 Å². The minimum absolute atomic E-state index is 0.0678. The minimum Gasteiger partial charge on any atom is -0.478 e. The lowest BCUT2D eigenvalue weighted by Gasteiger charge is -2.33. The molecule has 0 aromatic heterocycles. The molecule has 0 spiro atoms. The molecule has 0 bridgehead atoms. The second-order valence-corrected chi connectivity index (χ2v) is 7.00. The summed E-state index contributed by atoms with van der Waals surface area (Å²) in [7, 11) is 0. The quantitative estimate of drug-likeness (QED) is 0.826. The van der Waals surface area contributed by atoms with Gasteiger partial charge in [-0.15, -0.1) is 0 Å². The molecule has 1 saturated heterocycles. The number of aromatic carboxylic acids is 1. The summed E-state index contributed by atoms with van der Waals surface area (Å²) in [5, 5.41) is 12.0. The van der Waals surface area contributed by atoms with Gasteiger partial charge in [0.15, 0.2) is 0 Å². The maximum absolute atomic E-state index is 12.2. The number of carbonyl (C=O) groups is 3. The number of carboxylic acids is 1. The molecule has 1 aromatic carbocycles. The number of likely N-dealkylation sites (tertiary alicyclic amines) is 1. The van der Waals surface area contributed by atoms with E-state index in [-0.39, 0.29) is 29.8 Å². The van der Waals surface area contributed by atoms with Crippen molar-refractivity contribution in [3.63, 3.8) is 0 Å². The van der Waals surface area contributed by atoms with Crippen LogP contribution in [0.15, 0.2) is 24.3 Å². The maximum Gasteiger partial charge on any atom is 0.335 e. The van der Waals surface area contributed by atoms with E-state index in [9.17, 15) is 14.4 Å². The lowest BCUT2D eigenvalue weighted by atomic mass is 10.0. The maximum atomic E-state index is 12.2. The summed E-state index contributed by atoms with van der Waals surface area (Å²) < 4.78 is 0. The number of hydrogen-bond donors (Lipinski definition) is 2. The smallest absolute Gasteiger partial charge is 0.335 e. The minimum atomic E-state index is -0.999. The van der Waals surface area contributed by atoms with Gasteiger partial charge in [-0.2, -0.15) is 0 Å². The van der Waals surface area contributed by atoms with Gasteiger partial charge in [-0.1, -0.05) is 26.0 Å². The van der Waals surface area contributed by atoms with E-state index in [1.807, 2.05) is 18.7 Å². The summed E-state index contributed by atoms with van der Waals surface area (Å²) in [6, 6.07) is 6.49. The van der Waals surface area contributed by atoms with Crippen LogP contribution in [0.2, 0.25) is 0 Å². The van der Waals surface area contributed by atoms with Crippen molar-refractivity contribution >= 4 is 17.8 Å². The predicted molar refractivity (Wildman–Crippen MR) is 94.3 cm³/mol. The Bertz CT molecular complexity index is 634. The Kier molecular flexibility index (Phi) is 6.56. The van der Waals surface area contributed by atoms with E-state index >= 15 is 0 Å². The number of nitrogens with one attached hydrogen (secondary N) is 1. The van der Waals surface area contributed by atoms with Crippen LogP contribution in [0, 0.1) is 5.92 Å². The molecule has 1 aromatic rings. The number of hydrogen-bond acceptors (Lipinski definition) is 3. The van der Waals surface area contributed by atoms with Gasteiger partial charge >= 0.3 is 5.97 Å². The molecule has 1 aliphatic heterocycles. The van der Waals surface area contributed by atoms with Gasteiger partial charge in [-0.05, 0) is 36.5 Å². The highest BCUT2D eigenvalue weighted by Gasteiger charge is 2.24. The molecule has 2 amide bonds. The molecule has 0 aliphatic carbocycles. The Labute approximate surface area is 148 Å². The van der Waals surface area contributed by atoms with Crippen molar-refractivity contribution in [3.8, 4) is 0 Å². The van der Waals surface area contributed by atoms with Crippen LogP contribution in [0.4, 0.5) is 0 Å². The number of amides is 2. The largest absolute Gasteiger partial charge is 0.478 e. The molecule has 2 N–H and O–H groups in total. The van der Waals surface area contributed by atoms with Gasteiger partial charge in [0.1, 0.15) is 0 Å². The summed E-state index contributed by atoms with van der Waals surface area (Å²) in [5.41, 5.74) is 0.865. The molecule has 6 nitrogen and oxygen atoms in total. The van der Waals surface area contributed by atoms with Crippen molar-refractivity contribution in [2.45, 2.75) is 45.6 Å². The first-order valence-electron chi connectivity index (χ1n) is 8.74. The van der Waals surface area contributed by atoms with E-state index in [4.69, 9.17) is 5.11 Å². The number of benzene rings is 1. The zero-order chi connectivity index (χ0) is 18.4. The summed E-state index contributed by atoms with van der Waals surface area (Å²) in [6.07, 6.45) is 2.24. The standard InChI is InChI=1S/C19H26N2O4/c1-13(2)10-18(23)21-8-6-16(7-9-21)20-17(22)12-14-4-3-5-15(11-14)19(24)25/h3-5,11,13,16H,6-10,12H2,1-2H3,(H,20,22)(H,24,25). The van der Waals surface area contributed by atoms with Crippen LogP contribution in [-0.2, 0) is 16.0 Å². The van der Waals surface area contributed by atoms with Crippen LogP contribution in [0.3, 0.4) is 0 Å². The number of piperidine rings is 1. The van der Waals surface area contributed by atoms with Gasteiger partial charge < -0.3 is 15.3 Å². The van der Waals surface area contributed by atoms with Crippen molar-refractivity contribution < 1.29 is 19.5 Å². The van der Waals surface area contributed by atoms with E-state index in [0.29, 0.717) is 31.0 Å². The van der Waals surface area contributed by atoms with Gasteiger partial charge in [-0.3, -0.25) is 9.59 Å². The van der Waals surface area contributed by atoms with Crippen LogP contribution in [-0.4, -0.2) is 46.9 Å². The molecular formula is C19H26N2O4.